The summed E-state index contributed by atoms with van der Waals surface area (Å²) in [5.41, 5.74) is 5.30. The van der Waals surface area contributed by atoms with E-state index in [0.717, 1.165) is 50.1 Å². The number of nitrogens with zero attached hydrogens (tertiary/aromatic N) is 5. The first-order valence-electron chi connectivity index (χ1n) is 11.6. The first-order chi connectivity index (χ1) is 16.0. The quantitative estimate of drug-likeness (QED) is 0.283. The van der Waals surface area contributed by atoms with E-state index in [-0.39, 0.29) is 0 Å². The van der Waals surface area contributed by atoms with E-state index in [4.69, 9.17) is 4.99 Å². The number of para-hydroxylation sites is 1. The summed E-state index contributed by atoms with van der Waals surface area (Å²) in [5, 5.41) is 15.4. The number of hydrogen-bond donors (Lipinski definition) is 2. The zero-order valence-electron chi connectivity index (χ0n) is 20.6. The molecule has 7 nitrogen and oxygen atoms in total. The summed E-state index contributed by atoms with van der Waals surface area (Å²) < 4.78 is 1.98. The molecule has 0 unspecified atom stereocenters. The number of anilines is 1. The molecule has 0 amide bonds. The standard InChI is InChI=1S/C26H37N7/c1-20-11-9-12-21(2)24(20)15-17-28-26(29-19-25-31-30-22(3)33(25)5)27-16-10-18-32(4)23-13-7-6-8-14-23/h6-9,11-14H,10,15-19H2,1-5H3,(H2,27,28,29). The van der Waals surface area contributed by atoms with E-state index in [2.05, 4.69) is 89.1 Å². The van der Waals surface area contributed by atoms with Gasteiger partial charge >= 0.3 is 0 Å². The highest BCUT2D eigenvalue weighted by Crippen LogP contribution is 2.13. The average molecular weight is 448 g/mol. The minimum atomic E-state index is 0.486. The van der Waals surface area contributed by atoms with Crippen molar-refractivity contribution in [2.45, 2.75) is 40.2 Å². The predicted octanol–water partition coefficient (Wildman–Crippen LogP) is 3.54. The molecule has 0 aliphatic carbocycles. The third kappa shape index (κ3) is 7.07. The third-order valence-corrected chi connectivity index (χ3v) is 6.03. The Morgan fingerprint density at radius 2 is 1.64 bits per heavy atom. The summed E-state index contributed by atoms with van der Waals surface area (Å²) in [7, 11) is 4.10. The molecule has 0 saturated heterocycles. The van der Waals surface area contributed by atoms with Crippen LogP contribution in [0.15, 0.2) is 53.5 Å². The zero-order valence-corrected chi connectivity index (χ0v) is 20.6. The summed E-state index contributed by atoms with van der Waals surface area (Å²) in [6.45, 7) is 9.41. The lowest BCUT2D eigenvalue weighted by Gasteiger charge is -2.20. The Hall–Kier alpha value is -3.35. The molecule has 7 heteroatoms. The Morgan fingerprint density at radius 3 is 2.30 bits per heavy atom. The molecule has 0 spiro atoms. The van der Waals surface area contributed by atoms with E-state index in [1.807, 2.05) is 24.6 Å². The van der Waals surface area contributed by atoms with E-state index in [1.54, 1.807) is 0 Å². The van der Waals surface area contributed by atoms with Gasteiger partial charge in [0, 0.05) is 39.4 Å². The van der Waals surface area contributed by atoms with Crippen LogP contribution in [0, 0.1) is 20.8 Å². The lowest BCUT2D eigenvalue weighted by atomic mass is 10.0. The molecule has 0 aliphatic heterocycles. The normalized spacial score (nSPS) is 11.5. The van der Waals surface area contributed by atoms with Crippen LogP contribution in [0.5, 0.6) is 0 Å². The van der Waals surface area contributed by atoms with Gasteiger partial charge in [0.1, 0.15) is 12.4 Å². The molecule has 33 heavy (non-hydrogen) atoms. The SMILES string of the molecule is Cc1cccc(C)c1CCNC(=NCc1nnc(C)n1C)NCCCN(C)c1ccccc1. The molecule has 0 bridgehead atoms. The van der Waals surface area contributed by atoms with Gasteiger partial charge in [0.25, 0.3) is 0 Å². The van der Waals surface area contributed by atoms with E-state index in [9.17, 15) is 0 Å². The van der Waals surface area contributed by atoms with Gasteiger partial charge in [-0.15, -0.1) is 10.2 Å². The maximum absolute atomic E-state index is 4.78. The van der Waals surface area contributed by atoms with Crippen molar-refractivity contribution in [3.8, 4) is 0 Å². The topological polar surface area (TPSA) is 70.4 Å². The Morgan fingerprint density at radius 1 is 0.939 bits per heavy atom. The number of aryl methyl sites for hydroxylation is 3. The van der Waals surface area contributed by atoms with Crippen molar-refractivity contribution in [1.29, 1.82) is 0 Å². The van der Waals surface area contributed by atoms with Crippen LogP contribution in [-0.4, -0.2) is 47.4 Å². The number of hydrogen-bond acceptors (Lipinski definition) is 4. The van der Waals surface area contributed by atoms with Crippen LogP contribution < -0.4 is 15.5 Å². The molecule has 0 atom stereocenters. The van der Waals surface area contributed by atoms with Crippen LogP contribution in [0.3, 0.4) is 0 Å². The Kier molecular flexibility index (Phi) is 8.87. The molecule has 3 rings (SSSR count). The number of rotatable bonds is 10. The fourth-order valence-electron chi connectivity index (χ4n) is 3.80. The van der Waals surface area contributed by atoms with Gasteiger partial charge in [0.05, 0.1) is 0 Å². The summed E-state index contributed by atoms with van der Waals surface area (Å²) >= 11 is 0. The minimum absolute atomic E-state index is 0.486. The van der Waals surface area contributed by atoms with Gasteiger partial charge in [-0.05, 0) is 62.4 Å². The Labute approximate surface area is 198 Å². The maximum atomic E-state index is 4.78. The molecular weight excluding hydrogens is 410 g/mol. The molecule has 0 saturated carbocycles. The van der Waals surface area contributed by atoms with Gasteiger partial charge in [-0.25, -0.2) is 4.99 Å². The summed E-state index contributed by atoms with van der Waals surface area (Å²) in [5.74, 6) is 2.55. The van der Waals surface area contributed by atoms with Crippen LogP contribution in [0.1, 0.15) is 34.8 Å². The number of aliphatic imine (C=N–C) groups is 1. The van der Waals surface area contributed by atoms with Crippen molar-refractivity contribution in [1.82, 2.24) is 25.4 Å². The third-order valence-electron chi connectivity index (χ3n) is 6.03. The fourth-order valence-corrected chi connectivity index (χ4v) is 3.80. The molecule has 1 heterocycles. The number of nitrogens with one attached hydrogen (secondary N) is 2. The molecule has 3 aromatic rings. The largest absolute Gasteiger partial charge is 0.375 e. The lowest BCUT2D eigenvalue weighted by molar-refractivity contribution is 0.714. The average Bonchev–Trinajstić information content (AvgIpc) is 3.14. The first-order valence-corrected chi connectivity index (χ1v) is 11.6. The van der Waals surface area contributed by atoms with Gasteiger partial charge in [0.15, 0.2) is 11.8 Å². The number of benzene rings is 2. The van der Waals surface area contributed by atoms with Gasteiger partial charge in [-0.2, -0.15) is 0 Å². The Bertz CT molecular complexity index is 1020. The summed E-state index contributed by atoms with van der Waals surface area (Å²) in [4.78, 5) is 7.05. The van der Waals surface area contributed by atoms with Crippen LogP contribution in [0.4, 0.5) is 5.69 Å². The van der Waals surface area contributed by atoms with Gasteiger partial charge in [0.2, 0.25) is 0 Å². The highest BCUT2D eigenvalue weighted by atomic mass is 15.3. The van der Waals surface area contributed by atoms with Gasteiger partial charge in [-0.1, -0.05) is 36.4 Å². The monoisotopic (exact) mass is 447 g/mol. The summed E-state index contributed by atoms with van der Waals surface area (Å²) in [6, 6.07) is 16.9. The van der Waals surface area contributed by atoms with Crippen LogP contribution >= 0.6 is 0 Å². The van der Waals surface area contributed by atoms with Crippen molar-refractivity contribution < 1.29 is 0 Å². The second-order valence-corrected chi connectivity index (χ2v) is 8.47. The van der Waals surface area contributed by atoms with Crippen molar-refractivity contribution in [3.05, 3.63) is 76.9 Å². The highest BCUT2D eigenvalue weighted by Gasteiger charge is 2.07. The zero-order chi connectivity index (χ0) is 23.6. The fraction of sp³-hybridized carbons (Fsp3) is 0.423. The van der Waals surface area contributed by atoms with Gasteiger partial charge in [-0.3, -0.25) is 0 Å². The molecule has 176 valence electrons. The van der Waals surface area contributed by atoms with Crippen molar-refractivity contribution >= 4 is 11.6 Å². The van der Waals surface area contributed by atoms with E-state index >= 15 is 0 Å². The highest BCUT2D eigenvalue weighted by molar-refractivity contribution is 5.79. The van der Waals surface area contributed by atoms with E-state index < -0.39 is 0 Å². The number of aromatic nitrogens is 3. The predicted molar refractivity (Wildman–Crippen MR) is 137 cm³/mol. The second-order valence-electron chi connectivity index (χ2n) is 8.47. The van der Waals surface area contributed by atoms with Crippen LogP contribution in [0.2, 0.25) is 0 Å². The number of guanidine groups is 1. The Balaban J connectivity index is 1.56. The van der Waals surface area contributed by atoms with E-state index in [1.165, 1.54) is 22.4 Å². The van der Waals surface area contributed by atoms with Crippen molar-refractivity contribution in [2.75, 3.05) is 31.6 Å². The molecule has 0 radical (unpaired) electrons. The van der Waals surface area contributed by atoms with Crippen molar-refractivity contribution in [2.24, 2.45) is 12.0 Å². The lowest BCUT2D eigenvalue weighted by Crippen LogP contribution is -2.39. The molecule has 0 fully saturated rings. The molecule has 2 aromatic carbocycles. The summed E-state index contributed by atoms with van der Waals surface area (Å²) in [6.07, 6.45) is 1.96. The van der Waals surface area contributed by atoms with Gasteiger partial charge < -0.3 is 20.1 Å². The molecular formula is C26H37N7. The van der Waals surface area contributed by atoms with Crippen molar-refractivity contribution in [3.63, 3.8) is 0 Å². The van der Waals surface area contributed by atoms with E-state index in [0.29, 0.717) is 6.54 Å². The molecule has 2 N–H and O–H groups in total. The second kappa shape index (κ2) is 12.0. The first kappa shape index (κ1) is 24.3. The minimum Gasteiger partial charge on any atom is -0.375 e. The van der Waals surface area contributed by atoms with Crippen LogP contribution in [-0.2, 0) is 20.0 Å². The smallest absolute Gasteiger partial charge is 0.191 e. The van der Waals surface area contributed by atoms with Crippen LogP contribution in [0.25, 0.3) is 0 Å². The maximum Gasteiger partial charge on any atom is 0.191 e. The molecule has 0 aliphatic rings. The molecule has 1 aromatic heterocycles.